The van der Waals surface area contributed by atoms with E-state index < -0.39 is 0 Å². The highest BCUT2D eigenvalue weighted by molar-refractivity contribution is 5.80. The van der Waals surface area contributed by atoms with Gasteiger partial charge in [0.2, 0.25) is 5.82 Å². The maximum atomic E-state index is 4.57. The Labute approximate surface area is 136 Å². The average Bonchev–Trinajstić information content (AvgIpc) is 3.10. The monoisotopic (exact) mass is 309 g/mol. The molecule has 0 saturated heterocycles. The second-order valence-electron chi connectivity index (χ2n) is 5.94. The highest BCUT2D eigenvalue weighted by Gasteiger charge is 2.34. The van der Waals surface area contributed by atoms with Crippen LogP contribution in [0.1, 0.15) is 13.8 Å². The van der Waals surface area contributed by atoms with Gasteiger partial charge in [0.1, 0.15) is 18.0 Å². The molecule has 118 valence electrons. The normalized spacial score (nSPS) is 22.0. The van der Waals surface area contributed by atoms with Crippen molar-refractivity contribution in [3.05, 3.63) is 48.9 Å². The fraction of sp³-hybridized carbons (Fsp3) is 0.294. The van der Waals surface area contributed by atoms with Gasteiger partial charge in [0.25, 0.3) is 0 Å². The number of benzene rings is 1. The van der Waals surface area contributed by atoms with Gasteiger partial charge < -0.3 is 10.6 Å². The van der Waals surface area contributed by atoms with Crippen molar-refractivity contribution >= 4 is 23.1 Å². The molecule has 2 aliphatic rings. The highest BCUT2D eigenvalue weighted by atomic mass is 15.4. The van der Waals surface area contributed by atoms with Crippen LogP contribution in [-0.2, 0) is 7.05 Å². The van der Waals surface area contributed by atoms with E-state index in [1.54, 1.807) is 0 Å². The van der Waals surface area contributed by atoms with E-state index in [4.69, 9.17) is 0 Å². The summed E-state index contributed by atoms with van der Waals surface area (Å²) in [5.41, 5.74) is 2.35. The topological polar surface area (TPSA) is 47.3 Å². The Morgan fingerprint density at radius 1 is 1.13 bits per heavy atom. The molecule has 0 amide bonds. The summed E-state index contributed by atoms with van der Waals surface area (Å²) in [6.07, 6.45) is 6.24. The Morgan fingerprint density at radius 3 is 2.74 bits per heavy atom. The standard InChI is InChI=1S/C17H21N6/c1-12-18-10-11-22(12)17-19-9-8-16(21(17)3)23-13(2)20-14-6-4-5-7-15(14)23/h4-13,18,20H,1-3H3/q+1/t12-,13+/m0/s1. The van der Waals surface area contributed by atoms with Crippen LogP contribution in [0.4, 0.5) is 23.1 Å². The largest absolute Gasteiger partial charge is 0.360 e. The summed E-state index contributed by atoms with van der Waals surface area (Å²) in [6, 6.07) is 10.4. The minimum absolute atomic E-state index is 0.193. The van der Waals surface area contributed by atoms with Crippen LogP contribution >= 0.6 is 0 Å². The summed E-state index contributed by atoms with van der Waals surface area (Å²) in [5.74, 6) is 2.01. The van der Waals surface area contributed by atoms with Crippen LogP contribution in [-0.4, -0.2) is 17.3 Å². The van der Waals surface area contributed by atoms with Crippen molar-refractivity contribution in [3.8, 4) is 0 Å². The van der Waals surface area contributed by atoms with Crippen LogP contribution in [0.15, 0.2) is 48.9 Å². The molecule has 4 rings (SSSR count). The molecule has 1 aromatic carbocycles. The molecular formula is C17H21N6+. The average molecular weight is 309 g/mol. The van der Waals surface area contributed by atoms with E-state index in [1.807, 2.05) is 18.6 Å². The Balaban J connectivity index is 1.80. The maximum Gasteiger partial charge on any atom is 0.355 e. The summed E-state index contributed by atoms with van der Waals surface area (Å²) in [7, 11) is 2.06. The lowest BCUT2D eigenvalue weighted by atomic mass is 10.2. The number of hydrogen-bond acceptors (Lipinski definition) is 5. The number of anilines is 4. The van der Waals surface area contributed by atoms with Gasteiger partial charge in [0.15, 0.2) is 0 Å². The second kappa shape index (κ2) is 5.15. The minimum atomic E-state index is 0.193. The van der Waals surface area contributed by atoms with Gasteiger partial charge in [0.05, 0.1) is 25.1 Å². The molecule has 0 bridgehead atoms. The first-order valence-electron chi connectivity index (χ1n) is 7.88. The van der Waals surface area contributed by atoms with Crippen molar-refractivity contribution in [2.24, 2.45) is 7.05 Å². The molecular weight excluding hydrogens is 288 g/mol. The van der Waals surface area contributed by atoms with Gasteiger partial charge in [-0.2, -0.15) is 0 Å². The molecule has 0 radical (unpaired) electrons. The lowest BCUT2D eigenvalue weighted by molar-refractivity contribution is -0.648. The van der Waals surface area contributed by atoms with Crippen molar-refractivity contribution in [3.63, 3.8) is 0 Å². The Kier molecular flexibility index (Phi) is 3.11. The first-order chi connectivity index (χ1) is 11.2. The quantitative estimate of drug-likeness (QED) is 0.832. The molecule has 2 aromatic rings. The molecule has 2 N–H and O–H groups in total. The zero-order valence-electron chi connectivity index (χ0n) is 13.6. The molecule has 23 heavy (non-hydrogen) atoms. The number of fused-ring (bicyclic) bond motifs is 1. The summed E-state index contributed by atoms with van der Waals surface area (Å²) >= 11 is 0. The first kappa shape index (κ1) is 13.9. The molecule has 0 aliphatic carbocycles. The van der Waals surface area contributed by atoms with E-state index in [0.29, 0.717) is 0 Å². The predicted octanol–water partition coefficient (Wildman–Crippen LogP) is 2.04. The minimum Gasteiger partial charge on any atom is -0.360 e. The number of para-hydroxylation sites is 2. The van der Waals surface area contributed by atoms with Crippen LogP contribution in [0, 0.1) is 0 Å². The van der Waals surface area contributed by atoms with Crippen molar-refractivity contribution < 1.29 is 4.57 Å². The van der Waals surface area contributed by atoms with E-state index >= 15 is 0 Å². The Morgan fingerprint density at radius 2 is 1.96 bits per heavy atom. The van der Waals surface area contributed by atoms with Gasteiger partial charge in [-0.1, -0.05) is 12.1 Å². The second-order valence-corrected chi connectivity index (χ2v) is 5.94. The van der Waals surface area contributed by atoms with Crippen LogP contribution in [0.25, 0.3) is 0 Å². The molecule has 0 spiro atoms. The third-order valence-electron chi connectivity index (χ3n) is 4.44. The third kappa shape index (κ3) is 2.10. The number of nitrogens with zero attached hydrogens (tertiary/aromatic N) is 4. The van der Waals surface area contributed by atoms with Crippen LogP contribution in [0.5, 0.6) is 0 Å². The van der Waals surface area contributed by atoms with Crippen molar-refractivity contribution in [2.75, 3.05) is 15.1 Å². The number of rotatable bonds is 2. The SMILES string of the molecule is C[C@@H]1Nc2ccccc2N1c1ccnc(N2C=CN[C@@H]2C)[n+]1C. The van der Waals surface area contributed by atoms with Crippen LogP contribution < -0.4 is 25.0 Å². The van der Waals surface area contributed by atoms with E-state index in [-0.39, 0.29) is 12.3 Å². The molecule has 1 aromatic heterocycles. The van der Waals surface area contributed by atoms with Gasteiger partial charge in [-0.3, -0.25) is 4.90 Å². The van der Waals surface area contributed by atoms with Gasteiger partial charge in [-0.15, -0.1) is 4.98 Å². The first-order valence-corrected chi connectivity index (χ1v) is 7.88. The highest BCUT2D eigenvalue weighted by Crippen LogP contribution is 2.38. The number of nitrogens with one attached hydrogen (secondary N) is 2. The molecule has 3 heterocycles. The maximum absolute atomic E-state index is 4.57. The predicted molar refractivity (Wildman–Crippen MR) is 91.3 cm³/mol. The fourth-order valence-corrected chi connectivity index (χ4v) is 3.29. The zero-order chi connectivity index (χ0) is 16.0. The molecule has 0 unspecified atom stereocenters. The summed E-state index contributed by atoms with van der Waals surface area (Å²) in [5, 5.41) is 6.80. The molecule has 6 nitrogen and oxygen atoms in total. The zero-order valence-corrected chi connectivity index (χ0v) is 13.6. The molecule has 0 fully saturated rings. The lowest BCUT2D eigenvalue weighted by Gasteiger charge is -2.24. The fourth-order valence-electron chi connectivity index (χ4n) is 3.29. The van der Waals surface area contributed by atoms with Gasteiger partial charge in [0, 0.05) is 12.3 Å². The smallest absolute Gasteiger partial charge is 0.355 e. The lowest BCUT2D eigenvalue weighted by Crippen LogP contribution is -2.47. The molecule has 2 atom stereocenters. The third-order valence-corrected chi connectivity index (χ3v) is 4.44. The Hall–Kier alpha value is -2.76. The summed E-state index contributed by atoms with van der Waals surface area (Å²) in [6.45, 7) is 4.28. The van der Waals surface area contributed by atoms with Gasteiger partial charge in [-0.05, 0) is 26.0 Å². The van der Waals surface area contributed by atoms with Crippen molar-refractivity contribution in [2.45, 2.75) is 26.2 Å². The molecule has 6 heteroatoms. The molecule has 0 saturated carbocycles. The van der Waals surface area contributed by atoms with Crippen LogP contribution in [0.3, 0.4) is 0 Å². The van der Waals surface area contributed by atoms with E-state index in [0.717, 1.165) is 17.5 Å². The van der Waals surface area contributed by atoms with Crippen LogP contribution in [0.2, 0.25) is 0 Å². The number of aromatic nitrogens is 2. The summed E-state index contributed by atoms with van der Waals surface area (Å²) < 4.78 is 2.13. The van der Waals surface area contributed by atoms with E-state index in [2.05, 4.69) is 81.2 Å². The Bertz CT molecular complexity index is 771. The summed E-state index contributed by atoms with van der Waals surface area (Å²) in [4.78, 5) is 9.01. The van der Waals surface area contributed by atoms with E-state index in [1.165, 1.54) is 5.69 Å². The van der Waals surface area contributed by atoms with Crippen molar-refractivity contribution in [1.82, 2.24) is 10.3 Å². The van der Waals surface area contributed by atoms with E-state index in [9.17, 15) is 0 Å². The number of hydrogen-bond donors (Lipinski definition) is 2. The van der Waals surface area contributed by atoms with Gasteiger partial charge >= 0.3 is 5.95 Å². The van der Waals surface area contributed by atoms with Gasteiger partial charge in [-0.25, -0.2) is 9.47 Å². The van der Waals surface area contributed by atoms with Crippen molar-refractivity contribution in [1.29, 1.82) is 0 Å². The molecule has 2 aliphatic heterocycles.